The Morgan fingerprint density at radius 2 is 2.29 bits per heavy atom. The summed E-state index contributed by atoms with van der Waals surface area (Å²) in [7, 11) is 0. The summed E-state index contributed by atoms with van der Waals surface area (Å²) in [4.78, 5) is 18.1. The van der Waals surface area contributed by atoms with Gasteiger partial charge < -0.3 is 5.73 Å². The summed E-state index contributed by atoms with van der Waals surface area (Å²) in [6.07, 6.45) is 2.38. The summed E-state index contributed by atoms with van der Waals surface area (Å²) >= 11 is 0. The quantitative estimate of drug-likeness (QED) is 0.376. The summed E-state index contributed by atoms with van der Waals surface area (Å²) in [5.74, 6) is 0.0930. The van der Waals surface area contributed by atoms with Gasteiger partial charge in [-0.25, -0.2) is 9.98 Å². The molecule has 2 N–H and O–H groups in total. The van der Waals surface area contributed by atoms with E-state index in [1.807, 2.05) is 6.92 Å². The zero-order valence-corrected chi connectivity index (χ0v) is 9.75. The van der Waals surface area contributed by atoms with Crippen LogP contribution in [0.15, 0.2) is 28.2 Å². The average molecular weight is 234 g/mol. The minimum absolute atomic E-state index is 0.0124. The first kappa shape index (κ1) is 12.8. The van der Waals surface area contributed by atoms with Crippen molar-refractivity contribution in [1.29, 1.82) is 0 Å². The van der Waals surface area contributed by atoms with E-state index in [1.165, 1.54) is 12.1 Å². The first-order chi connectivity index (χ1) is 8.04. The second-order valence-corrected chi connectivity index (χ2v) is 3.42. The molecule has 6 nitrogen and oxygen atoms in total. The Morgan fingerprint density at radius 1 is 1.59 bits per heavy atom. The monoisotopic (exact) mass is 234 g/mol. The van der Waals surface area contributed by atoms with Crippen molar-refractivity contribution in [2.24, 2.45) is 15.7 Å². The first-order valence-corrected chi connectivity index (χ1v) is 5.16. The number of aryl methyl sites for hydroxylation is 1. The molecule has 0 saturated heterocycles. The third-order valence-electron chi connectivity index (χ3n) is 2.04. The van der Waals surface area contributed by atoms with E-state index < -0.39 is 4.92 Å². The summed E-state index contributed by atoms with van der Waals surface area (Å²) in [6, 6.07) is 4.44. The zero-order chi connectivity index (χ0) is 12.8. The molecule has 0 fully saturated rings. The Bertz CT molecular complexity index is 480. The summed E-state index contributed by atoms with van der Waals surface area (Å²) < 4.78 is 0. The standard InChI is InChI=1S/C11H14N4O2/c1-3-6-13-11(12)14-10-7-9(15(16)17)5-4-8(10)2/h4-7H,3H2,1-2H3,(H2,12,14)/b13-6+. The van der Waals surface area contributed by atoms with Gasteiger partial charge in [-0.3, -0.25) is 10.1 Å². The number of rotatable bonds is 3. The average Bonchev–Trinajstić information content (AvgIpc) is 2.29. The molecule has 0 atom stereocenters. The highest BCUT2D eigenvalue weighted by molar-refractivity contribution is 5.88. The third kappa shape index (κ3) is 3.67. The molecule has 0 amide bonds. The minimum atomic E-state index is -0.468. The smallest absolute Gasteiger partial charge is 0.271 e. The number of nitrogens with zero attached hydrogens (tertiary/aromatic N) is 3. The fourth-order valence-corrected chi connectivity index (χ4v) is 1.17. The molecule has 0 aliphatic heterocycles. The van der Waals surface area contributed by atoms with Gasteiger partial charge in [0.2, 0.25) is 5.96 Å². The van der Waals surface area contributed by atoms with E-state index in [1.54, 1.807) is 19.2 Å². The van der Waals surface area contributed by atoms with Crippen molar-refractivity contribution in [3.8, 4) is 0 Å². The van der Waals surface area contributed by atoms with Gasteiger partial charge >= 0.3 is 0 Å². The molecule has 0 heterocycles. The molecule has 90 valence electrons. The molecular weight excluding hydrogens is 220 g/mol. The van der Waals surface area contributed by atoms with Gasteiger partial charge in [0.15, 0.2) is 0 Å². The minimum Gasteiger partial charge on any atom is -0.368 e. The summed E-state index contributed by atoms with van der Waals surface area (Å²) in [5.41, 5.74) is 6.83. The van der Waals surface area contributed by atoms with Crippen LogP contribution in [0.25, 0.3) is 0 Å². The number of nitro benzene ring substituents is 1. The predicted molar refractivity (Wildman–Crippen MR) is 67.9 cm³/mol. The number of guanidine groups is 1. The van der Waals surface area contributed by atoms with Gasteiger partial charge in [0.05, 0.1) is 10.6 Å². The van der Waals surface area contributed by atoms with E-state index >= 15 is 0 Å². The predicted octanol–water partition coefficient (Wildman–Crippen LogP) is 2.33. The maximum absolute atomic E-state index is 10.6. The molecule has 1 rings (SSSR count). The number of nitro groups is 1. The van der Waals surface area contributed by atoms with Crippen molar-refractivity contribution in [3.05, 3.63) is 33.9 Å². The number of hydrogen-bond donors (Lipinski definition) is 1. The molecule has 17 heavy (non-hydrogen) atoms. The zero-order valence-electron chi connectivity index (χ0n) is 9.75. The number of non-ortho nitro benzene ring substituents is 1. The van der Waals surface area contributed by atoms with Crippen molar-refractivity contribution in [2.75, 3.05) is 0 Å². The molecule has 1 aromatic carbocycles. The molecule has 0 aromatic heterocycles. The Balaban J connectivity index is 3.08. The molecule has 1 aromatic rings. The van der Waals surface area contributed by atoms with Crippen molar-refractivity contribution < 1.29 is 4.92 Å². The van der Waals surface area contributed by atoms with Gasteiger partial charge in [0.1, 0.15) is 0 Å². The van der Waals surface area contributed by atoms with Gasteiger partial charge in [-0.05, 0) is 18.9 Å². The van der Waals surface area contributed by atoms with E-state index in [4.69, 9.17) is 5.73 Å². The maximum atomic E-state index is 10.6. The maximum Gasteiger partial charge on any atom is 0.271 e. The Kier molecular flexibility index (Phi) is 4.33. The van der Waals surface area contributed by atoms with E-state index in [0.717, 1.165) is 12.0 Å². The molecule has 0 aliphatic carbocycles. The highest BCUT2D eigenvalue weighted by Crippen LogP contribution is 2.24. The fraction of sp³-hybridized carbons (Fsp3) is 0.273. The summed E-state index contributed by atoms with van der Waals surface area (Å²) in [5, 5.41) is 10.6. The van der Waals surface area contributed by atoms with Crippen LogP contribution in [0.1, 0.15) is 18.9 Å². The van der Waals surface area contributed by atoms with Crippen LogP contribution in [0.2, 0.25) is 0 Å². The van der Waals surface area contributed by atoms with Crippen LogP contribution in [0.3, 0.4) is 0 Å². The van der Waals surface area contributed by atoms with Crippen molar-refractivity contribution in [2.45, 2.75) is 20.3 Å². The van der Waals surface area contributed by atoms with Crippen LogP contribution >= 0.6 is 0 Å². The highest BCUT2D eigenvalue weighted by Gasteiger charge is 2.08. The van der Waals surface area contributed by atoms with E-state index in [0.29, 0.717) is 5.69 Å². The lowest BCUT2D eigenvalue weighted by molar-refractivity contribution is -0.384. The highest BCUT2D eigenvalue weighted by atomic mass is 16.6. The molecule has 0 saturated carbocycles. The molecule has 0 aliphatic rings. The Morgan fingerprint density at radius 3 is 2.88 bits per heavy atom. The molecular formula is C11H14N4O2. The Hall–Kier alpha value is -2.24. The number of benzene rings is 1. The molecule has 0 spiro atoms. The van der Waals surface area contributed by atoms with Crippen molar-refractivity contribution in [3.63, 3.8) is 0 Å². The molecule has 6 heteroatoms. The van der Waals surface area contributed by atoms with Crippen molar-refractivity contribution >= 4 is 23.5 Å². The van der Waals surface area contributed by atoms with Crippen LogP contribution in [-0.2, 0) is 0 Å². The lowest BCUT2D eigenvalue weighted by Gasteiger charge is -2.00. The second-order valence-electron chi connectivity index (χ2n) is 3.42. The van der Waals surface area contributed by atoms with Gasteiger partial charge in [-0.1, -0.05) is 13.0 Å². The molecule has 0 radical (unpaired) electrons. The van der Waals surface area contributed by atoms with E-state index in [-0.39, 0.29) is 11.6 Å². The summed E-state index contributed by atoms with van der Waals surface area (Å²) in [6.45, 7) is 3.73. The van der Waals surface area contributed by atoms with E-state index in [9.17, 15) is 10.1 Å². The lowest BCUT2D eigenvalue weighted by Crippen LogP contribution is -2.07. The van der Waals surface area contributed by atoms with Gasteiger partial charge in [0, 0.05) is 18.3 Å². The van der Waals surface area contributed by atoms with Crippen LogP contribution in [0.4, 0.5) is 11.4 Å². The topological polar surface area (TPSA) is 93.9 Å². The number of aliphatic imine (C=N–C) groups is 2. The normalized spacial score (nSPS) is 12.0. The third-order valence-corrected chi connectivity index (χ3v) is 2.04. The Labute approximate surface area is 99.0 Å². The molecule has 0 bridgehead atoms. The largest absolute Gasteiger partial charge is 0.368 e. The fourth-order valence-electron chi connectivity index (χ4n) is 1.17. The first-order valence-electron chi connectivity index (χ1n) is 5.16. The SMILES string of the molecule is CC/C=N/C(N)=Nc1cc([N+](=O)[O-])ccc1C. The van der Waals surface area contributed by atoms with Crippen LogP contribution in [0.5, 0.6) is 0 Å². The van der Waals surface area contributed by atoms with Gasteiger partial charge in [0.25, 0.3) is 5.69 Å². The lowest BCUT2D eigenvalue weighted by atomic mass is 10.2. The van der Waals surface area contributed by atoms with Crippen LogP contribution in [-0.4, -0.2) is 17.1 Å². The number of nitrogens with two attached hydrogens (primary N) is 1. The van der Waals surface area contributed by atoms with Crippen molar-refractivity contribution in [1.82, 2.24) is 0 Å². The number of hydrogen-bond acceptors (Lipinski definition) is 3. The second kappa shape index (κ2) is 5.74. The van der Waals surface area contributed by atoms with Gasteiger partial charge in [-0.15, -0.1) is 0 Å². The van der Waals surface area contributed by atoms with E-state index in [2.05, 4.69) is 9.98 Å². The van der Waals surface area contributed by atoms with Crippen LogP contribution in [0, 0.1) is 17.0 Å². The van der Waals surface area contributed by atoms with Gasteiger partial charge in [-0.2, -0.15) is 0 Å². The molecule has 0 unspecified atom stereocenters. The van der Waals surface area contributed by atoms with Crippen LogP contribution < -0.4 is 5.73 Å².